The summed E-state index contributed by atoms with van der Waals surface area (Å²) in [6.45, 7) is 0.647. The van der Waals surface area contributed by atoms with Crippen LogP contribution in [-0.4, -0.2) is 5.97 Å². The van der Waals surface area contributed by atoms with Gasteiger partial charge in [-0.05, 0) is 22.4 Å². The predicted octanol–water partition coefficient (Wildman–Crippen LogP) is -0.0548. The molecule has 0 unspecified atom stereocenters. The standard InChI is InChI=1S/C12H11NO2/c13-7-10-3-1-2-8-4-5-9(12(14)15)6-11(8)10/h1-6H,7,13H2,(H,14,15). The van der Waals surface area contributed by atoms with Gasteiger partial charge in [-0.3, -0.25) is 0 Å². The molecule has 2 aromatic rings. The lowest BCUT2D eigenvalue weighted by molar-refractivity contribution is -0.386. The van der Waals surface area contributed by atoms with Gasteiger partial charge in [0, 0.05) is 5.56 Å². The molecule has 0 aliphatic rings. The van der Waals surface area contributed by atoms with Crippen molar-refractivity contribution in [2.75, 3.05) is 0 Å². The zero-order valence-corrected chi connectivity index (χ0v) is 8.19. The summed E-state index contributed by atoms with van der Waals surface area (Å²) in [6.07, 6.45) is 0. The maximum Gasteiger partial charge on any atom is 0.100 e. The average Bonchev–Trinajstić information content (AvgIpc) is 2.27. The molecule has 0 amide bonds. The summed E-state index contributed by atoms with van der Waals surface area (Å²) in [7, 11) is 0. The van der Waals surface area contributed by atoms with Crippen LogP contribution < -0.4 is 10.8 Å². The molecule has 0 aliphatic heterocycles. The smallest absolute Gasteiger partial charge is 0.100 e. The van der Waals surface area contributed by atoms with E-state index < -0.39 is 5.97 Å². The fraction of sp³-hybridized carbons (Fsp3) is 0.0833. The van der Waals surface area contributed by atoms with Gasteiger partial charge in [0.05, 0.1) is 5.97 Å². The molecule has 0 saturated carbocycles. The van der Waals surface area contributed by atoms with E-state index in [1.54, 1.807) is 18.2 Å². The molecule has 0 atom stereocenters. The van der Waals surface area contributed by atoms with E-state index in [9.17, 15) is 9.90 Å². The second kappa shape index (κ2) is 3.71. The van der Waals surface area contributed by atoms with Crippen LogP contribution in [0.5, 0.6) is 0 Å². The molecule has 76 valence electrons. The van der Waals surface area contributed by atoms with Crippen LogP contribution in [-0.2, 0) is 6.54 Å². The number of benzene rings is 2. The van der Waals surface area contributed by atoms with E-state index in [0.29, 0.717) is 6.54 Å². The van der Waals surface area contributed by atoms with Crippen LogP contribution in [0.2, 0.25) is 0 Å². The highest BCUT2D eigenvalue weighted by Crippen LogP contribution is 2.19. The monoisotopic (exact) mass is 201 g/mol. The molecular weight excluding hydrogens is 190 g/mol. The lowest BCUT2D eigenvalue weighted by Crippen LogP contribution is -2.47. The van der Waals surface area contributed by atoms with Crippen LogP contribution in [0.15, 0.2) is 36.4 Å². The Morgan fingerprint density at radius 1 is 1.27 bits per heavy atom. The number of carboxylic acid groups (broad SMARTS) is 1. The Bertz CT molecular complexity index is 520. The molecule has 2 rings (SSSR count). The van der Waals surface area contributed by atoms with Crippen molar-refractivity contribution in [2.24, 2.45) is 0 Å². The predicted molar refractivity (Wildman–Crippen MR) is 54.9 cm³/mol. The van der Waals surface area contributed by atoms with Crippen molar-refractivity contribution in [3.63, 3.8) is 0 Å². The fourth-order valence-corrected chi connectivity index (χ4v) is 1.68. The number of rotatable bonds is 2. The zero-order chi connectivity index (χ0) is 10.8. The summed E-state index contributed by atoms with van der Waals surface area (Å²) in [6, 6.07) is 10.8. The van der Waals surface area contributed by atoms with Crippen molar-refractivity contribution in [3.05, 3.63) is 47.5 Å². The number of hydrogen-bond donors (Lipinski definition) is 1. The van der Waals surface area contributed by atoms with Gasteiger partial charge in [-0.25, -0.2) is 0 Å². The maximum atomic E-state index is 10.7. The summed E-state index contributed by atoms with van der Waals surface area (Å²) >= 11 is 0. The van der Waals surface area contributed by atoms with Crippen LogP contribution in [0, 0.1) is 0 Å². The maximum absolute atomic E-state index is 10.7. The third kappa shape index (κ3) is 1.69. The summed E-state index contributed by atoms with van der Waals surface area (Å²) in [5.41, 5.74) is 5.08. The highest BCUT2D eigenvalue weighted by molar-refractivity contribution is 5.94. The molecule has 0 radical (unpaired) electrons. The molecule has 0 fully saturated rings. The molecule has 15 heavy (non-hydrogen) atoms. The Kier molecular flexibility index (Phi) is 2.39. The number of aromatic carboxylic acids is 1. The molecule has 3 nitrogen and oxygen atoms in total. The summed E-state index contributed by atoms with van der Waals surface area (Å²) < 4.78 is 0. The number of hydrogen-bond acceptors (Lipinski definition) is 2. The number of quaternary nitrogens is 1. The molecule has 3 N–H and O–H groups in total. The van der Waals surface area contributed by atoms with Crippen molar-refractivity contribution in [1.29, 1.82) is 0 Å². The molecule has 0 bridgehead atoms. The first-order chi connectivity index (χ1) is 7.22. The van der Waals surface area contributed by atoms with Gasteiger partial charge >= 0.3 is 0 Å². The number of fused-ring (bicyclic) bond motifs is 1. The van der Waals surface area contributed by atoms with Crippen molar-refractivity contribution in [1.82, 2.24) is 0 Å². The third-order valence-electron chi connectivity index (χ3n) is 2.48. The molecule has 0 aromatic heterocycles. The first-order valence-electron chi connectivity index (χ1n) is 4.74. The molecule has 0 saturated heterocycles. The molecule has 2 aromatic carbocycles. The van der Waals surface area contributed by atoms with Crippen molar-refractivity contribution >= 4 is 16.7 Å². The highest BCUT2D eigenvalue weighted by atomic mass is 16.4. The van der Waals surface area contributed by atoms with Crippen LogP contribution in [0.25, 0.3) is 10.8 Å². The van der Waals surface area contributed by atoms with Crippen LogP contribution in [0.1, 0.15) is 15.9 Å². The van der Waals surface area contributed by atoms with Crippen LogP contribution in [0.3, 0.4) is 0 Å². The summed E-state index contributed by atoms with van der Waals surface area (Å²) in [5.74, 6) is -1.14. The van der Waals surface area contributed by atoms with Crippen LogP contribution in [0.4, 0.5) is 0 Å². The zero-order valence-electron chi connectivity index (χ0n) is 8.19. The van der Waals surface area contributed by atoms with Gasteiger partial charge in [-0.1, -0.05) is 30.3 Å². The Morgan fingerprint density at radius 2 is 2.07 bits per heavy atom. The largest absolute Gasteiger partial charge is 0.545 e. The van der Waals surface area contributed by atoms with E-state index in [4.69, 9.17) is 0 Å². The van der Waals surface area contributed by atoms with Crippen molar-refractivity contribution in [3.8, 4) is 0 Å². The van der Waals surface area contributed by atoms with Crippen molar-refractivity contribution in [2.45, 2.75) is 6.54 Å². The summed E-state index contributed by atoms with van der Waals surface area (Å²) in [5, 5.41) is 12.7. The quantitative estimate of drug-likeness (QED) is 0.740. The normalized spacial score (nSPS) is 10.5. The molecule has 3 heteroatoms. The lowest BCUT2D eigenvalue weighted by atomic mass is 10.0. The Morgan fingerprint density at radius 3 is 2.73 bits per heavy atom. The van der Waals surface area contributed by atoms with E-state index >= 15 is 0 Å². The van der Waals surface area contributed by atoms with E-state index in [1.165, 1.54) is 0 Å². The third-order valence-corrected chi connectivity index (χ3v) is 2.48. The molecular formula is C12H11NO2. The first kappa shape index (κ1) is 9.68. The van der Waals surface area contributed by atoms with E-state index in [0.717, 1.165) is 16.3 Å². The Balaban J connectivity index is 2.72. The minimum Gasteiger partial charge on any atom is -0.545 e. The Hall–Kier alpha value is -1.87. The lowest BCUT2D eigenvalue weighted by Gasteiger charge is -2.06. The van der Waals surface area contributed by atoms with Gasteiger partial charge in [-0.2, -0.15) is 0 Å². The first-order valence-corrected chi connectivity index (χ1v) is 4.74. The number of carbonyl (C=O) groups excluding carboxylic acids is 1. The SMILES string of the molecule is [NH3+]Cc1cccc2ccc(C(=O)[O-])cc12. The second-order valence-electron chi connectivity index (χ2n) is 3.39. The number of carboxylic acids is 1. The van der Waals surface area contributed by atoms with Gasteiger partial charge in [0.15, 0.2) is 0 Å². The van der Waals surface area contributed by atoms with Gasteiger partial charge in [0.25, 0.3) is 0 Å². The highest BCUT2D eigenvalue weighted by Gasteiger charge is 2.02. The minimum absolute atomic E-state index is 0.211. The second-order valence-corrected chi connectivity index (χ2v) is 3.39. The van der Waals surface area contributed by atoms with E-state index in [2.05, 4.69) is 5.73 Å². The molecule has 0 heterocycles. The topological polar surface area (TPSA) is 67.8 Å². The van der Waals surface area contributed by atoms with Gasteiger partial charge < -0.3 is 15.6 Å². The fourth-order valence-electron chi connectivity index (χ4n) is 1.68. The average molecular weight is 201 g/mol. The minimum atomic E-state index is -1.14. The van der Waals surface area contributed by atoms with Gasteiger partial charge in [0.1, 0.15) is 6.54 Å². The number of carbonyl (C=O) groups is 1. The summed E-state index contributed by atoms with van der Waals surface area (Å²) in [4.78, 5) is 10.7. The van der Waals surface area contributed by atoms with E-state index in [1.807, 2.05) is 18.2 Å². The van der Waals surface area contributed by atoms with Crippen LogP contribution >= 0.6 is 0 Å². The van der Waals surface area contributed by atoms with Gasteiger partial charge in [-0.15, -0.1) is 0 Å². The Labute approximate surface area is 87.1 Å². The molecule has 0 spiro atoms. The van der Waals surface area contributed by atoms with Gasteiger partial charge in [0.2, 0.25) is 0 Å². The van der Waals surface area contributed by atoms with Crippen molar-refractivity contribution < 1.29 is 15.6 Å². The van der Waals surface area contributed by atoms with E-state index in [-0.39, 0.29) is 5.56 Å². The molecule has 0 aliphatic carbocycles.